The van der Waals surface area contributed by atoms with Crippen molar-refractivity contribution in [2.75, 3.05) is 0 Å². The SMILES string of the molecule is C/C1=C/CC2C=C(c3c4ccccc4c(-c4ccc(C(C)(C)C)cc4)c4ccccc34)C=C(/C=C\C1)C2. The summed E-state index contributed by atoms with van der Waals surface area (Å²) in [5, 5.41) is 5.33. The van der Waals surface area contributed by atoms with Gasteiger partial charge in [0.1, 0.15) is 0 Å². The second-order valence-corrected chi connectivity index (χ2v) is 11.9. The molecule has 1 unspecified atom stereocenters. The molecule has 2 aliphatic rings. The van der Waals surface area contributed by atoms with Crippen LogP contribution in [-0.2, 0) is 5.41 Å². The van der Waals surface area contributed by atoms with E-state index in [2.05, 4.69) is 131 Å². The van der Waals surface area contributed by atoms with E-state index in [4.69, 9.17) is 0 Å². The molecule has 0 heterocycles. The zero-order valence-corrected chi connectivity index (χ0v) is 22.5. The van der Waals surface area contributed by atoms with Crippen molar-refractivity contribution in [3.8, 4) is 11.1 Å². The number of allylic oxidation sites excluding steroid dienone is 8. The van der Waals surface area contributed by atoms with Crippen molar-refractivity contribution >= 4 is 27.1 Å². The van der Waals surface area contributed by atoms with Crippen LogP contribution in [0.5, 0.6) is 0 Å². The van der Waals surface area contributed by atoms with Gasteiger partial charge in [0.05, 0.1) is 0 Å². The van der Waals surface area contributed by atoms with Crippen LogP contribution in [0.4, 0.5) is 0 Å². The van der Waals surface area contributed by atoms with E-state index in [0.29, 0.717) is 5.92 Å². The average Bonchev–Trinajstić information content (AvgIpc) is 2.95. The zero-order valence-electron chi connectivity index (χ0n) is 22.5. The van der Waals surface area contributed by atoms with Crippen LogP contribution in [0.15, 0.2) is 114 Å². The molecule has 0 amide bonds. The van der Waals surface area contributed by atoms with Gasteiger partial charge in [-0.2, -0.15) is 0 Å². The normalized spacial score (nSPS) is 20.3. The lowest BCUT2D eigenvalue weighted by Crippen LogP contribution is -2.10. The number of rotatable bonds is 2. The van der Waals surface area contributed by atoms with Gasteiger partial charge in [0.15, 0.2) is 0 Å². The van der Waals surface area contributed by atoms with Gasteiger partial charge in [-0.1, -0.05) is 130 Å². The van der Waals surface area contributed by atoms with E-state index < -0.39 is 0 Å². The molecule has 37 heavy (non-hydrogen) atoms. The fourth-order valence-electron chi connectivity index (χ4n) is 6.06. The first kappa shape index (κ1) is 23.7. The van der Waals surface area contributed by atoms with Gasteiger partial charge < -0.3 is 0 Å². The highest BCUT2D eigenvalue weighted by molar-refractivity contribution is 6.19. The molecule has 184 valence electrons. The fourth-order valence-corrected chi connectivity index (χ4v) is 6.06. The van der Waals surface area contributed by atoms with E-state index >= 15 is 0 Å². The molecule has 0 spiro atoms. The Morgan fingerprint density at radius 1 is 0.730 bits per heavy atom. The molecule has 0 saturated carbocycles. The summed E-state index contributed by atoms with van der Waals surface area (Å²) in [5.74, 6) is 0.537. The molecule has 4 aromatic carbocycles. The standard InChI is InChI=1S/C37H36/c1-25-10-9-11-26-22-27(17-16-25)24-29(23-26)36-33-14-7-5-12-31(33)35(32-13-6-8-15-34(32)36)28-18-20-30(21-19-28)37(2,3)4/h5-9,11-16,18-21,23-24,27H,10,17,22H2,1-4H3/b11-9-,25-16-. The summed E-state index contributed by atoms with van der Waals surface area (Å²) in [5.41, 5.74) is 9.79. The summed E-state index contributed by atoms with van der Waals surface area (Å²) in [6.07, 6.45) is 15.4. The van der Waals surface area contributed by atoms with Gasteiger partial charge >= 0.3 is 0 Å². The molecular weight excluding hydrogens is 444 g/mol. The molecule has 0 heteroatoms. The van der Waals surface area contributed by atoms with Gasteiger partial charge in [-0.3, -0.25) is 0 Å². The molecule has 0 nitrogen and oxygen atoms in total. The Hall–Kier alpha value is -3.64. The van der Waals surface area contributed by atoms with Crippen molar-refractivity contribution < 1.29 is 0 Å². The first-order valence-electron chi connectivity index (χ1n) is 13.7. The maximum Gasteiger partial charge on any atom is -0.00264 e. The molecule has 0 saturated heterocycles. The van der Waals surface area contributed by atoms with Crippen LogP contribution in [0.3, 0.4) is 0 Å². The van der Waals surface area contributed by atoms with Crippen LogP contribution in [-0.4, -0.2) is 0 Å². The van der Waals surface area contributed by atoms with E-state index in [9.17, 15) is 0 Å². The molecule has 0 aromatic heterocycles. The van der Waals surface area contributed by atoms with Crippen molar-refractivity contribution in [3.05, 3.63) is 125 Å². The van der Waals surface area contributed by atoms with Crippen LogP contribution in [0.25, 0.3) is 38.2 Å². The molecule has 0 radical (unpaired) electrons. The van der Waals surface area contributed by atoms with Gasteiger partial charge in [-0.05, 0) is 92.5 Å². The number of hydrogen-bond acceptors (Lipinski definition) is 0. The largest absolute Gasteiger partial charge is 0.0847 e. The van der Waals surface area contributed by atoms with E-state index in [0.717, 1.165) is 19.3 Å². The first-order valence-corrected chi connectivity index (χ1v) is 13.7. The lowest BCUT2D eigenvalue weighted by Gasteiger charge is -2.23. The third-order valence-electron chi connectivity index (χ3n) is 8.05. The van der Waals surface area contributed by atoms with Crippen molar-refractivity contribution in [2.24, 2.45) is 5.92 Å². The van der Waals surface area contributed by atoms with Gasteiger partial charge in [0, 0.05) is 0 Å². The van der Waals surface area contributed by atoms with Gasteiger partial charge in [0.2, 0.25) is 0 Å². The monoisotopic (exact) mass is 480 g/mol. The van der Waals surface area contributed by atoms with Crippen LogP contribution in [0.2, 0.25) is 0 Å². The molecule has 0 N–H and O–H groups in total. The van der Waals surface area contributed by atoms with Gasteiger partial charge in [-0.15, -0.1) is 0 Å². The Morgan fingerprint density at radius 3 is 1.92 bits per heavy atom. The van der Waals surface area contributed by atoms with Crippen molar-refractivity contribution in [1.29, 1.82) is 0 Å². The quantitative estimate of drug-likeness (QED) is 0.198. The van der Waals surface area contributed by atoms with Crippen molar-refractivity contribution in [1.82, 2.24) is 0 Å². The van der Waals surface area contributed by atoms with Crippen LogP contribution >= 0.6 is 0 Å². The number of benzene rings is 4. The lowest BCUT2D eigenvalue weighted by atomic mass is 9.80. The predicted octanol–water partition coefficient (Wildman–Crippen LogP) is 10.6. The van der Waals surface area contributed by atoms with Gasteiger partial charge in [0.25, 0.3) is 0 Å². The maximum absolute atomic E-state index is 2.54. The highest BCUT2D eigenvalue weighted by Gasteiger charge is 2.21. The molecule has 2 aliphatic carbocycles. The molecule has 2 bridgehead atoms. The highest BCUT2D eigenvalue weighted by Crippen LogP contribution is 2.44. The van der Waals surface area contributed by atoms with Crippen LogP contribution in [0.1, 0.15) is 58.1 Å². The lowest BCUT2D eigenvalue weighted by molar-refractivity contribution is 0.590. The maximum atomic E-state index is 2.54. The zero-order chi connectivity index (χ0) is 25.6. The van der Waals surface area contributed by atoms with Gasteiger partial charge in [-0.25, -0.2) is 0 Å². The second-order valence-electron chi connectivity index (χ2n) is 11.9. The number of fused-ring (bicyclic) bond motifs is 4. The Morgan fingerprint density at radius 2 is 1.32 bits per heavy atom. The Kier molecular flexibility index (Phi) is 6.00. The molecule has 0 fully saturated rings. The summed E-state index contributed by atoms with van der Waals surface area (Å²) in [6, 6.07) is 27.3. The Balaban J connectivity index is 1.61. The smallest absolute Gasteiger partial charge is 0.00264 e. The molecule has 0 aliphatic heterocycles. The molecule has 4 aromatic rings. The van der Waals surface area contributed by atoms with E-state index in [-0.39, 0.29) is 5.41 Å². The average molecular weight is 481 g/mol. The molecule has 6 rings (SSSR count). The second kappa shape index (κ2) is 9.34. The Bertz CT molecular complexity index is 1550. The van der Waals surface area contributed by atoms with Crippen LogP contribution < -0.4 is 0 Å². The number of hydrogen-bond donors (Lipinski definition) is 0. The fraction of sp³-hybridized carbons (Fsp3) is 0.243. The summed E-state index contributed by atoms with van der Waals surface area (Å²) in [4.78, 5) is 0. The third kappa shape index (κ3) is 4.51. The summed E-state index contributed by atoms with van der Waals surface area (Å²) >= 11 is 0. The topological polar surface area (TPSA) is 0 Å². The van der Waals surface area contributed by atoms with E-state index in [1.54, 1.807) is 0 Å². The van der Waals surface area contributed by atoms with Crippen molar-refractivity contribution in [2.45, 2.75) is 52.4 Å². The summed E-state index contributed by atoms with van der Waals surface area (Å²) in [7, 11) is 0. The first-order chi connectivity index (χ1) is 17.9. The van der Waals surface area contributed by atoms with E-state index in [1.165, 1.54) is 60.5 Å². The molecular formula is C37H36. The third-order valence-corrected chi connectivity index (χ3v) is 8.05. The summed E-state index contributed by atoms with van der Waals surface area (Å²) in [6.45, 7) is 9.10. The molecule has 1 atom stereocenters. The summed E-state index contributed by atoms with van der Waals surface area (Å²) < 4.78 is 0. The van der Waals surface area contributed by atoms with E-state index in [1.807, 2.05) is 0 Å². The van der Waals surface area contributed by atoms with Crippen molar-refractivity contribution in [3.63, 3.8) is 0 Å². The minimum absolute atomic E-state index is 0.143. The Labute approximate surface area is 221 Å². The van der Waals surface area contributed by atoms with Crippen LogP contribution in [0, 0.1) is 5.92 Å². The predicted molar refractivity (Wildman–Crippen MR) is 162 cm³/mol. The minimum atomic E-state index is 0.143. The minimum Gasteiger partial charge on any atom is -0.0847 e. The highest BCUT2D eigenvalue weighted by atomic mass is 14.3.